The summed E-state index contributed by atoms with van der Waals surface area (Å²) in [7, 11) is 0. The summed E-state index contributed by atoms with van der Waals surface area (Å²) < 4.78 is 0. The van der Waals surface area contributed by atoms with Crippen molar-refractivity contribution in [3.63, 3.8) is 0 Å². The normalized spacial score (nSPS) is 3.00. The van der Waals surface area contributed by atoms with Crippen molar-refractivity contribution in [1.29, 1.82) is 0 Å². The van der Waals surface area contributed by atoms with Gasteiger partial charge in [-0.2, -0.15) is 13.8 Å². The Morgan fingerprint density at radius 2 is 1.17 bits per heavy atom. The van der Waals surface area contributed by atoms with Gasteiger partial charge in [0.15, 0.2) is 0 Å². The molecule has 30 valence electrons. The van der Waals surface area contributed by atoms with E-state index in [0.717, 1.165) is 0 Å². The topological polar surface area (TPSA) is 0 Å². The second-order valence-corrected chi connectivity index (χ2v) is 0.577. The van der Waals surface area contributed by atoms with E-state index in [4.69, 9.17) is 0 Å². The molecule has 0 aliphatic heterocycles. The standard InChI is InChI=1S/C3H7.ClH.Mg.Zn/c1-3-2;;;/h3H,1-2H3;1H;;/q-1;;+2;/p-1. The summed E-state index contributed by atoms with van der Waals surface area (Å²) in [5.41, 5.74) is 0. The molecule has 0 spiro atoms. The monoisotopic (exact) mass is 166 g/mol. The van der Waals surface area contributed by atoms with Crippen molar-refractivity contribution in [3.05, 3.63) is 6.42 Å². The number of hydrogen-bond donors (Lipinski definition) is 0. The maximum absolute atomic E-state index is 2.00. The van der Waals surface area contributed by atoms with Crippen molar-refractivity contribution in [1.82, 2.24) is 0 Å². The van der Waals surface area contributed by atoms with Crippen molar-refractivity contribution in [3.8, 4) is 0 Å². The Hall–Kier alpha value is 1.68. The van der Waals surface area contributed by atoms with Gasteiger partial charge in [-0.25, -0.2) is 0 Å². The predicted molar refractivity (Wildman–Crippen MR) is 21.4 cm³/mol. The molecule has 0 rings (SSSR count). The molecule has 0 unspecified atom stereocenters. The molecule has 3 heteroatoms. The Labute approximate surface area is 74.8 Å². The van der Waals surface area contributed by atoms with Crippen molar-refractivity contribution in [2.24, 2.45) is 0 Å². The van der Waals surface area contributed by atoms with Crippen LogP contribution in [0.5, 0.6) is 0 Å². The first-order valence-corrected chi connectivity index (χ1v) is 1.15. The van der Waals surface area contributed by atoms with E-state index in [1.807, 2.05) is 20.3 Å². The second-order valence-electron chi connectivity index (χ2n) is 0.577. The Bertz CT molecular complexity index is 10.8. The number of hydrogen-bond acceptors (Lipinski definition) is 0. The fraction of sp³-hybridized carbons (Fsp3) is 0.667. The molecular formula is C3H7ClMgZn. The van der Waals surface area contributed by atoms with Crippen LogP contribution in [-0.2, 0) is 19.5 Å². The molecule has 0 aromatic rings. The summed E-state index contributed by atoms with van der Waals surface area (Å²) >= 11 is 0. The third kappa shape index (κ3) is 44.1. The molecule has 0 aromatic heterocycles. The minimum Gasteiger partial charge on any atom is -1.00 e. The molecule has 0 fully saturated rings. The van der Waals surface area contributed by atoms with Gasteiger partial charge in [0.05, 0.1) is 0 Å². The van der Waals surface area contributed by atoms with Gasteiger partial charge in [0.1, 0.15) is 0 Å². The Balaban J connectivity index is -0.00000000667. The van der Waals surface area contributed by atoms with Gasteiger partial charge in [-0.1, -0.05) is 0 Å². The van der Waals surface area contributed by atoms with Gasteiger partial charge in [-0.3, -0.25) is 0 Å². The van der Waals surface area contributed by atoms with E-state index < -0.39 is 0 Å². The molecule has 0 aliphatic rings. The van der Waals surface area contributed by atoms with Gasteiger partial charge >= 0.3 is 23.1 Å². The van der Waals surface area contributed by atoms with Crippen molar-refractivity contribution >= 4 is 23.1 Å². The van der Waals surface area contributed by atoms with Crippen LogP contribution in [-0.4, -0.2) is 23.1 Å². The van der Waals surface area contributed by atoms with Crippen LogP contribution in [0.1, 0.15) is 13.8 Å². The summed E-state index contributed by atoms with van der Waals surface area (Å²) in [5, 5.41) is 0. The average Bonchev–Trinajstić information content (AvgIpc) is 0.918. The van der Waals surface area contributed by atoms with Gasteiger partial charge in [-0.05, 0) is 0 Å². The molecular weight excluding hydrogens is 161 g/mol. The average molecular weight is 168 g/mol. The second kappa shape index (κ2) is 30.0. The molecule has 0 aliphatic carbocycles. The van der Waals surface area contributed by atoms with Crippen LogP contribution in [0.2, 0.25) is 0 Å². The molecule has 0 heterocycles. The third-order valence-corrected chi connectivity index (χ3v) is 0. The van der Waals surface area contributed by atoms with E-state index in [9.17, 15) is 0 Å². The van der Waals surface area contributed by atoms with Gasteiger partial charge in [0, 0.05) is 19.5 Å². The first-order chi connectivity index (χ1) is 1.41. The first kappa shape index (κ1) is 25.3. The van der Waals surface area contributed by atoms with Crippen molar-refractivity contribution in [2.45, 2.75) is 13.8 Å². The summed E-state index contributed by atoms with van der Waals surface area (Å²) in [4.78, 5) is 0. The van der Waals surface area contributed by atoms with E-state index in [1.165, 1.54) is 0 Å². The summed E-state index contributed by atoms with van der Waals surface area (Å²) in [5.74, 6) is 0. The van der Waals surface area contributed by atoms with Crippen molar-refractivity contribution < 1.29 is 31.9 Å². The van der Waals surface area contributed by atoms with Crippen LogP contribution < -0.4 is 12.4 Å². The van der Waals surface area contributed by atoms with Gasteiger partial charge in [0.25, 0.3) is 0 Å². The van der Waals surface area contributed by atoms with E-state index in [2.05, 4.69) is 0 Å². The zero-order chi connectivity index (χ0) is 2.71. The quantitative estimate of drug-likeness (QED) is 0.286. The van der Waals surface area contributed by atoms with Gasteiger partial charge in [0.2, 0.25) is 0 Å². The van der Waals surface area contributed by atoms with Crippen LogP contribution >= 0.6 is 0 Å². The third-order valence-electron chi connectivity index (χ3n) is 0. The van der Waals surface area contributed by atoms with Crippen LogP contribution in [0.3, 0.4) is 0 Å². The van der Waals surface area contributed by atoms with Crippen LogP contribution in [0.15, 0.2) is 0 Å². The molecule has 0 amide bonds. The van der Waals surface area contributed by atoms with E-state index in [0.29, 0.717) is 0 Å². The molecule has 0 nitrogen and oxygen atoms in total. The molecule has 0 aromatic carbocycles. The summed E-state index contributed by atoms with van der Waals surface area (Å²) in [6.45, 7) is 4.00. The minimum absolute atomic E-state index is 0. The number of rotatable bonds is 0. The molecule has 0 radical (unpaired) electrons. The van der Waals surface area contributed by atoms with Crippen molar-refractivity contribution in [2.75, 3.05) is 0 Å². The fourth-order valence-electron chi connectivity index (χ4n) is 0. The molecule has 0 saturated carbocycles. The Kier molecular flexibility index (Phi) is 127. The first-order valence-electron chi connectivity index (χ1n) is 1.15. The molecule has 0 saturated heterocycles. The zero-order valence-electron chi connectivity index (χ0n) is 4.37. The Morgan fingerprint density at radius 3 is 1.17 bits per heavy atom. The fourth-order valence-corrected chi connectivity index (χ4v) is 0. The van der Waals surface area contributed by atoms with E-state index in [1.54, 1.807) is 0 Å². The minimum atomic E-state index is 0. The maximum atomic E-state index is 2.00. The van der Waals surface area contributed by atoms with Crippen LogP contribution in [0.25, 0.3) is 0 Å². The van der Waals surface area contributed by atoms with Gasteiger partial charge < -0.3 is 18.8 Å². The van der Waals surface area contributed by atoms with Gasteiger partial charge in [-0.15, -0.1) is 0 Å². The van der Waals surface area contributed by atoms with Crippen LogP contribution in [0.4, 0.5) is 0 Å². The molecule has 0 bridgehead atoms. The predicted octanol–water partition coefficient (Wildman–Crippen LogP) is -2.15. The smallest absolute Gasteiger partial charge is 1.00 e. The Morgan fingerprint density at radius 1 is 1.17 bits per heavy atom. The zero-order valence-corrected chi connectivity index (χ0v) is 9.51. The largest absolute Gasteiger partial charge is 2.00 e. The number of halogens is 1. The molecule has 0 N–H and O–H groups in total. The van der Waals surface area contributed by atoms with Crippen LogP contribution in [0, 0.1) is 6.42 Å². The SMILES string of the molecule is C[CH-]C.[Cl-].[Mg+2].[Zn]. The summed E-state index contributed by atoms with van der Waals surface area (Å²) in [6, 6.07) is 0. The molecule has 6 heavy (non-hydrogen) atoms. The molecule has 0 atom stereocenters. The summed E-state index contributed by atoms with van der Waals surface area (Å²) in [6.07, 6.45) is 2.00. The van der Waals surface area contributed by atoms with E-state index in [-0.39, 0.29) is 54.9 Å². The van der Waals surface area contributed by atoms with E-state index >= 15 is 0 Å². The maximum Gasteiger partial charge on any atom is 2.00 e.